The molecule has 6 heteroatoms. The summed E-state index contributed by atoms with van der Waals surface area (Å²) in [5.41, 5.74) is 5.24. The van der Waals surface area contributed by atoms with Gasteiger partial charge in [-0.2, -0.15) is 4.98 Å². The van der Waals surface area contributed by atoms with Gasteiger partial charge in [0.1, 0.15) is 11.0 Å². The number of anilines is 2. The molecule has 0 aromatic carbocycles. The minimum absolute atomic E-state index is 0.0918. The van der Waals surface area contributed by atoms with Crippen LogP contribution in [0, 0.1) is 0 Å². The first kappa shape index (κ1) is 11.4. The molecule has 1 saturated carbocycles. The summed E-state index contributed by atoms with van der Waals surface area (Å²) in [5.74, 6) is 0.717. The number of nitrogens with two attached hydrogens (primary N) is 1. The van der Waals surface area contributed by atoms with Gasteiger partial charge in [0.05, 0.1) is 12.1 Å². The van der Waals surface area contributed by atoms with Gasteiger partial charge in [-0.3, -0.25) is 0 Å². The van der Waals surface area contributed by atoms with Gasteiger partial charge in [-0.25, -0.2) is 4.98 Å². The lowest BCUT2D eigenvalue weighted by Gasteiger charge is -2.28. The standard InChI is InChI=1S/C10H15ClN4O/c11-7-5-8(14-9(12)13-7)15-10(6-16)3-1-2-4-10/h5,16H,1-4,6H2,(H3,12,13,14,15). The van der Waals surface area contributed by atoms with E-state index in [1.807, 2.05) is 0 Å². The minimum atomic E-state index is -0.274. The fourth-order valence-corrected chi connectivity index (χ4v) is 2.34. The monoisotopic (exact) mass is 242 g/mol. The van der Waals surface area contributed by atoms with Crippen LogP contribution in [0.1, 0.15) is 25.7 Å². The lowest BCUT2D eigenvalue weighted by atomic mass is 9.99. The van der Waals surface area contributed by atoms with Crippen molar-refractivity contribution >= 4 is 23.4 Å². The molecule has 0 aliphatic heterocycles. The van der Waals surface area contributed by atoms with E-state index in [9.17, 15) is 5.11 Å². The Bertz CT molecular complexity index is 359. The van der Waals surface area contributed by atoms with Crippen LogP contribution in [0.15, 0.2) is 6.07 Å². The summed E-state index contributed by atoms with van der Waals surface area (Å²) in [5, 5.41) is 13.0. The molecular weight excluding hydrogens is 228 g/mol. The van der Waals surface area contributed by atoms with Crippen molar-refractivity contribution in [2.75, 3.05) is 17.7 Å². The van der Waals surface area contributed by atoms with Gasteiger partial charge in [0.25, 0.3) is 0 Å². The number of nitrogen functional groups attached to an aromatic ring is 1. The van der Waals surface area contributed by atoms with Gasteiger partial charge in [-0.05, 0) is 12.8 Å². The zero-order chi connectivity index (χ0) is 11.6. The van der Waals surface area contributed by atoms with E-state index in [0.717, 1.165) is 25.7 Å². The third-order valence-electron chi connectivity index (χ3n) is 2.97. The van der Waals surface area contributed by atoms with E-state index in [1.54, 1.807) is 6.07 Å². The van der Waals surface area contributed by atoms with E-state index in [0.29, 0.717) is 11.0 Å². The van der Waals surface area contributed by atoms with Crippen LogP contribution in [0.25, 0.3) is 0 Å². The number of aromatic nitrogens is 2. The Morgan fingerprint density at radius 1 is 1.44 bits per heavy atom. The Labute approximate surface area is 99.0 Å². The Morgan fingerprint density at radius 3 is 2.69 bits per heavy atom. The molecule has 2 rings (SSSR count). The SMILES string of the molecule is Nc1nc(Cl)cc(NC2(CO)CCCC2)n1. The summed E-state index contributed by atoms with van der Waals surface area (Å²) in [6, 6.07) is 1.62. The van der Waals surface area contributed by atoms with Crippen molar-refractivity contribution in [2.45, 2.75) is 31.2 Å². The first-order chi connectivity index (χ1) is 7.63. The topological polar surface area (TPSA) is 84.1 Å². The molecule has 0 saturated heterocycles. The Balaban J connectivity index is 2.18. The summed E-state index contributed by atoms with van der Waals surface area (Å²) in [4.78, 5) is 7.84. The number of hydrogen-bond acceptors (Lipinski definition) is 5. The van der Waals surface area contributed by atoms with Crippen molar-refractivity contribution in [3.8, 4) is 0 Å². The molecule has 4 N–H and O–H groups in total. The fraction of sp³-hybridized carbons (Fsp3) is 0.600. The van der Waals surface area contributed by atoms with Crippen LogP contribution in [0.2, 0.25) is 5.15 Å². The predicted molar refractivity (Wildman–Crippen MR) is 63.4 cm³/mol. The molecule has 0 unspecified atom stereocenters. The number of nitrogens with zero attached hydrogens (tertiary/aromatic N) is 2. The number of hydrogen-bond donors (Lipinski definition) is 3. The molecule has 5 nitrogen and oxygen atoms in total. The number of rotatable bonds is 3. The second kappa shape index (κ2) is 4.43. The molecule has 1 heterocycles. The second-order valence-corrected chi connectivity index (χ2v) is 4.59. The first-order valence-corrected chi connectivity index (χ1v) is 5.70. The summed E-state index contributed by atoms with van der Waals surface area (Å²) in [7, 11) is 0. The highest BCUT2D eigenvalue weighted by molar-refractivity contribution is 6.29. The van der Waals surface area contributed by atoms with Crippen molar-refractivity contribution in [3.05, 3.63) is 11.2 Å². The van der Waals surface area contributed by atoms with Crippen molar-refractivity contribution in [1.29, 1.82) is 0 Å². The lowest BCUT2D eigenvalue weighted by molar-refractivity contribution is 0.214. The maximum atomic E-state index is 9.45. The van der Waals surface area contributed by atoms with E-state index in [1.165, 1.54) is 0 Å². The number of nitrogens with one attached hydrogen (secondary N) is 1. The van der Waals surface area contributed by atoms with Crippen LogP contribution >= 0.6 is 11.6 Å². The van der Waals surface area contributed by atoms with Gasteiger partial charge in [-0.15, -0.1) is 0 Å². The lowest BCUT2D eigenvalue weighted by Crippen LogP contribution is -2.39. The van der Waals surface area contributed by atoms with Gasteiger partial charge in [0.15, 0.2) is 0 Å². The number of aliphatic hydroxyl groups is 1. The quantitative estimate of drug-likeness (QED) is 0.699. The van der Waals surface area contributed by atoms with Gasteiger partial charge in [-0.1, -0.05) is 24.4 Å². The van der Waals surface area contributed by atoms with Crippen molar-refractivity contribution in [3.63, 3.8) is 0 Å². The Morgan fingerprint density at radius 2 is 2.12 bits per heavy atom. The smallest absolute Gasteiger partial charge is 0.223 e. The fourth-order valence-electron chi connectivity index (χ4n) is 2.15. The summed E-state index contributed by atoms with van der Waals surface area (Å²) >= 11 is 5.79. The molecule has 1 aromatic heterocycles. The molecule has 1 aliphatic carbocycles. The average molecular weight is 243 g/mol. The second-order valence-electron chi connectivity index (χ2n) is 4.20. The van der Waals surface area contributed by atoms with Gasteiger partial charge in [0, 0.05) is 6.07 Å². The molecule has 88 valence electrons. The Hall–Kier alpha value is -1.07. The van der Waals surface area contributed by atoms with Crippen LogP contribution in [0.5, 0.6) is 0 Å². The molecule has 0 bridgehead atoms. The van der Waals surface area contributed by atoms with E-state index in [2.05, 4.69) is 15.3 Å². The zero-order valence-electron chi connectivity index (χ0n) is 8.91. The third-order valence-corrected chi connectivity index (χ3v) is 3.16. The van der Waals surface area contributed by atoms with Gasteiger partial charge in [0.2, 0.25) is 5.95 Å². The third kappa shape index (κ3) is 2.36. The van der Waals surface area contributed by atoms with Crippen LogP contribution in [-0.2, 0) is 0 Å². The maximum Gasteiger partial charge on any atom is 0.223 e. The van der Waals surface area contributed by atoms with E-state index >= 15 is 0 Å². The van der Waals surface area contributed by atoms with Crippen LogP contribution < -0.4 is 11.1 Å². The van der Waals surface area contributed by atoms with Gasteiger partial charge >= 0.3 is 0 Å². The molecule has 0 radical (unpaired) electrons. The van der Waals surface area contributed by atoms with Crippen LogP contribution in [0.4, 0.5) is 11.8 Å². The Kier molecular flexibility index (Phi) is 3.16. The van der Waals surface area contributed by atoms with E-state index in [4.69, 9.17) is 17.3 Å². The summed E-state index contributed by atoms with van der Waals surface area (Å²) in [6.07, 6.45) is 4.10. The molecule has 1 aromatic rings. The molecule has 1 aliphatic rings. The molecule has 16 heavy (non-hydrogen) atoms. The molecule has 0 amide bonds. The van der Waals surface area contributed by atoms with E-state index < -0.39 is 0 Å². The van der Waals surface area contributed by atoms with E-state index in [-0.39, 0.29) is 18.1 Å². The highest BCUT2D eigenvalue weighted by atomic mass is 35.5. The molecule has 1 fully saturated rings. The average Bonchev–Trinajstić information content (AvgIpc) is 2.65. The zero-order valence-corrected chi connectivity index (χ0v) is 9.67. The maximum absolute atomic E-state index is 9.45. The van der Waals surface area contributed by atoms with Crippen molar-refractivity contribution in [2.24, 2.45) is 0 Å². The van der Waals surface area contributed by atoms with Crippen LogP contribution in [-0.4, -0.2) is 27.2 Å². The normalized spacial score (nSPS) is 18.6. The molecule has 0 atom stereocenters. The van der Waals surface area contributed by atoms with Crippen molar-refractivity contribution in [1.82, 2.24) is 9.97 Å². The predicted octanol–water partition coefficient (Wildman–Crippen LogP) is 1.43. The van der Waals surface area contributed by atoms with Crippen LogP contribution in [0.3, 0.4) is 0 Å². The molecular formula is C10H15ClN4O. The summed E-state index contributed by atoms with van der Waals surface area (Å²) in [6.45, 7) is 0.0918. The number of halogens is 1. The van der Waals surface area contributed by atoms with Gasteiger partial charge < -0.3 is 16.2 Å². The largest absolute Gasteiger partial charge is 0.394 e. The highest BCUT2D eigenvalue weighted by Crippen LogP contribution is 2.32. The highest BCUT2D eigenvalue weighted by Gasteiger charge is 2.33. The number of aliphatic hydroxyl groups excluding tert-OH is 1. The first-order valence-electron chi connectivity index (χ1n) is 5.33. The molecule has 0 spiro atoms. The van der Waals surface area contributed by atoms with Crippen molar-refractivity contribution < 1.29 is 5.11 Å². The summed E-state index contributed by atoms with van der Waals surface area (Å²) < 4.78 is 0. The minimum Gasteiger partial charge on any atom is -0.394 e.